The van der Waals surface area contributed by atoms with Gasteiger partial charge >= 0.3 is 0 Å². The second-order valence-electron chi connectivity index (χ2n) is 6.28. The van der Waals surface area contributed by atoms with Gasteiger partial charge in [0.25, 0.3) is 0 Å². The molecule has 0 amide bonds. The Labute approximate surface area is 157 Å². The molecule has 2 N–H and O–H groups in total. The lowest BCUT2D eigenvalue weighted by Gasteiger charge is -2.17. The van der Waals surface area contributed by atoms with Crippen molar-refractivity contribution in [2.24, 2.45) is 4.99 Å². The molecule has 0 fully saturated rings. The number of methoxy groups -OCH3 is 1. The third-order valence-electron chi connectivity index (χ3n) is 4.15. The average Bonchev–Trinajstić information content (AvgIpc) is 2.68. The Morgan fingerprint density at radius 3 is 2.38 bits per heavy atom. The lowest BCUT2D eigenvalue weighted by molar-refractivity contribution is 0.322. The third kappa shape index (κ3) is 7.15. The van der Waals surface area contributed by atoms with Crippen LogP contribution in [0, 0.1) is 0 Å². The second kappa shape index (κ2) is 11.2. The van der Waals surface area contributed by atoms with Gasteiger partial charge in [-0.25, -0.2) is 0 Å². The number of aliphatic imine (C=N–C) groups is 1. The van der Waals surface area contributed by atoms with Crippen molar-refractivity contribution >= 4 is 5.96 Å². The van der Waals surface area contributed by atoms with E-state index in [1.165, 1.54) is 11.1 Å². The highest BCUT2D eigenvalue weighted by Crippen LogP contribution is 2.10. The SMILES string of the molecule is CN=C(NCCCN(C)Cc1ccccc1)NCc1ccc(OC)cc1. The van der Waals surface area contributed by atoms with E-state index in [4.69, 9.17) is 4.74 Å². The second-order valence-corrected chi connectivity index (χ2v) is 6.28. The van der Waals surface area contributed by atoms with Crippen molar-refractivity contribution in [1.82, 2.24) is 15.5 Å². The minimum atomic E-state index is 0.734. The van der Waals surface area contributed by atoms with Crippen LogP contribution in [-0.4, -0.2) is 45.2 Å². The summed E-state index contributed by atoms with van der Waals surface area (Å²) in [4.78, 5) is 6.62. The van der Waals surface area contributed by atoms with E-state index in [1.807, 2.05) is 12.1 Å². The van der Waals surface area contributed by atoms with E-state index in [-0.39, 0.29) is 0 Å². The van der Waals surface area contributed by atoms with Crippen molar-refractivity contribution in [2.45, 2.75) is 19.5 Å². The van der Waals surface area contributed by atoms with Crippen molar-refractivity contribution in [1.29, 1.82) is 0 Å². The molecule has 2 aromatic carbocycles. The Morgan fingerprint density at radius 2 is 1.73 bits per heavy atom. The lowest BCUT2D eigenvalue weighted by Crippen LogP contribution is -2.38. The van der Waals surface area contributed by atoms with Crippen molar-refractivity contribution < 1.29 is 4.74 Å². The van der Waals surface area contributed by atoms with Crippen molar-refractivity contribution in [3.8, 4) is 5.75 Å². The highest BCUT2D eigenvalue weighted by molar-refractivity contribution is 5.79. The zero-order valence-corrected chi connectivity index (χ0v) is 16.0. The van der Waals surface area contributed by atoms with Crippen LogP contribution >= 0.6 is 0 Å². The van der Waals surface area contributed by atoms with E-state index < -0.39 is 0 Å². The fourth-order valence-electron chi connectivity index (χ4n) is 2.68. The number of guanidine groups is 1. The predicted molar refractivity (Wildman–Crippen MR) is 109 cm³/mol. The molecule has 140 valence electrons. The summed E-state index contributed by atoms with van der Waals surface area (Å²) in [5.41, 5.74) is 2.54. The number of benzene rings is 2. The van der Waals surface area contributed by atoms with Gasteiger partial charge < -0.3 is 20.3 Å². The van der Waals surface area contributed by atoms with E-state index in [0.29, 0.717) is 0 Å². The van der Waals surface area contributed by atoms with Crippen molar-refractivity contribution in [3.05, 3.63) is 65.7 Å². The highest BCUT2D eigenvalue weighted by atomic mass is 16.5. The molecule has 0 saturated carbocycles. The van der Waals surface area contributed by atoms with Gasteiger partial charge in [0.15, 0.2) is 5.96 Å². The molecule has 5 heteroatoms. The molecule has 2 aromatic rings. The molecular formula is C21H30N4O. The molecule has 0 aliphatic heterocycles. The topological polar surface area (TPSA) is 48.9 Å². The summed E-state index contributed by atoms with van der Waals surface area (Å²) < 4.78 is 5.18. The van der Waals surface area contributed by atoms with Crippen LogP contribution in [0.2, 0.25) is 0 Å². The van der Waals surface area contributed by atoms with Gasteiger partial charge in [-0.05, 0) is 43.3 Å². The largest absolute Gasteiger partial charge is 0.497 e. The summed E-state index contributed by atoms with van der Waals surface area (Å²) in [6.07, 6.45) is 1.06. The summed E-state index contributed by atoms with van der Waals surface area (Å²) >= 11 is 0. The minimum absolute atomic E-state index is 0.734. The Kier molecular flexibility index (Phi) is 8.49. The number of hydrogen-bond donors (Lipinski definition) is 2. The molecule has 0 heterocycles. The average molecular weight is 354 g/mol. The Balaban J connectivity index is 1.63. The molecule has 2 rings (SSSR count). The maximum Gasteiger partial charge on any atom is 0.191 e. The quantitative estimate of drug-likeness (QED) is 0.413. The maximum absolute atomic E-state index is 5.18. The normalized spacial score (nSPS) is 11.5. The first kappa shape index (κ1) is 19.8. The number of nitrogens with zero attached hydrogens (tertiary/aromatic N) is 2. The fourth-order valence-corrected chi connectivity index (χ4v) is 2.68. The van der Waals surface area contributed by atoms with Crippen LogP contribution in [0.5, 0.6) is 5.75 Å². The van der Waals surface area contributed by atoms with E-state index in [1.54, 1.807) is 14.2 Å². The zero-order valence-electron chi connectivity index (χ0n) is 16.0. The molecule has 26 heavy (non-hydrogen) atoms. The fraction of sp³-hybridized carbons (Fsp3) is 0.381. The monoisotopic (exact) mass is 354 g/mol. The molecule has 0 bridgehead atoms. The standard InChI is InChI=1S/C21H30N4O/c1-22-21(24-16-18-10-12-20(26-3)13-11-18)23-14-7-15-25(2)17-19-8-5-4-6-9-19/h4-6,8-13H,7,14-17H2,1-3H3,(H2,22,23,24). The first-order chi connectivity index (χ1) is 12.7. The maximum atomic E-state index is 5.18. The predicted octanol–water partition coefficient (Wildman–Crippen LogP) is 2.88. The highest BCUT2D eigenvalue weighted by Gasteiger charge is 2.02. The Morgan fingerprint density at radius 1 is 1.00 bits per heavy atom. The molecule has 0 atom stereocenters. The molecule has 0 radical (unpaired) electrons. The van der Waals surface area contributed by atoms with E-state index >= 15 is 0 Å². The molecule has 0 aliphatic rings. The summed E-state index contributed by atoms with van der Waals surface area (Å²) in [6.45, 7) is 3.64. The Hall–Kier alpha value is -2.53. The van der Waals surface area contributed by atoms with Crippen LogP contribution in [0.1, 0.15) is 17.5 Å². The van der Waals surface area contributed by atoms with Crippen LogP contribution in [0.4, 0.5) is 0 Å². The number of nitrogens with one attached hydrogen (secondary N) is 2. The molecule has 5 nitrogen and oxygen atoms in total. The Bertz CT molecular complexity index is 655. The zero-order chi connectivity index (χ0) is 18.6. The third-order valence-corrected chi connectivity index (χ3v) is 4.15. The minimum Gasteiger partial charge on any atom is -0.497 e. The van der Waals surface area contributed by atoms with Gasteiger partial charge in [0.05, 0.1) is 7.11 Å². The molecule has 0 spiro atoms. The van der Waals surface area contributed by atoms with Gasteiger partial charge in [-0.3, -0.25) is 4.99 Å². The van der Waals surface area contributed by atoms with Crippen LogP contribution in [-0.2, 0) is 13.1 Å². The summed E-state index contributed by atoms with van der Waals surface area (Å²) in [6, 6.07) is 18.6. The van der Waals surface area contributed by atoms with Gasteiger partial charge in [-0.15, -0.1) is 0 Å². The van der Waals surface area contributed by atoms with Crippen molar-refractivity contribution in [3.63, 3.8) is 0 Å². The van der Waals surface area contributed by atoms with Crippen molar-refractivity contribution in [2.75, 3.05) is 34.3 Å². The first-order valence-electron chi connectivity index (χ1n) is 9.01. The van der Waals surface area contributed by atoms with Gasteiger partial charge in [-0.1, -0.05) is 42.5 Å². The summed E-state index contributed by atoms with van der Waals surface area (Å²) in [5.74, 6) is 1.70. The van der Waals surface area contributed by atoms with Gasteiger partial charge in [-0.2, -0.15) is 0 Å². The molecular weight excluding hydrogens is 324 g/mol. The van der Waals surface area contributed by atoms with Gasteiger partial charge in [0.2, 0.25) is 0 Å². The molecule has 0 aliphatic carbocycles. The summed E-state index contributed by atoms with van der Waals surface area (Å²) in [7, 11) is 5.63. The number of ether oxygens (including phenoxy) is 1. The van der Waals surface area contributed by atoms with E-state index in [0.717, 1.165) is 44.3 Å². The van der Waals surface area contributed by atoms with Crippen LogP contribution in [0.3, 0.4) is 0 Å². The first-order valence-corrected chi connectivity index (χ1v) is 9.01. The van der Waals surface area contributed by atoms with Gasteiger partial charge in [0.1, 0.15) is 5.75 Å². The van der Waals surface area contributed by atoms with Crippen LogP contribution < -0.4 is 15.4 Å². The summed E-state index contributed by atoms with van der Waals surface area (Å²) in [5, 5.41) is 6.70. The van der Waals surface area contributed by atoms with Crippen LogP contribution in [0.15, 0.2) is 59.6 Å². The number of hydrogen-bond acceptors (Lipinski definition) is 3. The van der Waals surface area contributed by atoms with E-state index in [2.05, 4.69) is 70.0 Å². The smallest absolute Gasteiger partial charge is 0.191 e. The molecule has 0 unspecified atom stereocenters. The molecule has 0 saturated heterocycles. The van der Waals surface area contributed by atoms with Gasteiger partial charge in [0, 0.05) is 26.7 Å². The number of rotatable bonds is 9. The van der Waals surface area contributed by atoms with E-state index in [9.17, 15) is 0 Å². The van der Waals surface area contributed by atoms with Crippen LogP contribution in [0.25, 0.3) is 0 Å². The molecule has 0 aromatic heterocycles. The lowest BCUT2D eigenvalue weighted by atomic mass is 10.2.